The van der Waals surface area contributed by atoms with Gasteiger partial charge in [0.15, 0.2) is 28.2 Å². The molecule has 0 atom stereocenters. The average Bonchev–Trinajstić information content (AvgIpc) is 3.38. The van der Waals surface area contributed by atoms with Gasteiger partial charge in [0.05, 0.1) is 25.8 Å². The number of carbonyl (C=O) groups excluding carboxylic acids is 2. The monoisotopic (exact) mass is 464 g/mol. The zero-order valence-corrected chi connectivity index (χ0v) is 19.0. The van der Waals surface area contributed by atoms with Crippen LogP contribution < -0.4 is 25.5 Å². The highest BCUT2D eigenvalue weighted by molar-refractivity contribution is 5.98. The second-order valence-corrected chi connectivity index (χ2v) is 7.01. The maximum absolute atomic E-state index is 12.9. The fourth-order valence-corrected chi connectivity index (χ4v) is 3.84. The standard InChI is InChI=1S/C21H22N8O2.CH2O2/c1-4-28-14-7-6-13(31-3)8-15(14)29(5-2)16(28)11-25-21(30)18-19(23)27-20-17(26-18)12(9-22)10-24-20;2-1-3/h6-8,10H,4-5,11H2,1-3H3,(H3-,23,24,25,26,27,30);1H,(H,2,3). The number of hydrogen-bond acceptors (Lipinski definition) is 8. The molecule has 4 N–H and O–H groups in total. The Labute approximate surface area is 194 Å². The van der Waals surface area contributed by atoms with Gasteiger partial charge in [0, 0.05) is 18.7 Å². The lowest BCUT2D eigenvalue weighted by Gasteiger charge is -2.07. The summed E-state index contributed by atoms with van der Waals surface area (Å²) in [5.74, 6) is 1.26. The van der Waals surface area contributed by atoms with E-state index in [4.69, 9.17) is 20.4 Å². The van der Waals surface area contributed by atoms with Gasteiger partial charge in [0.2, 0.25) is 0 Å². The summed E-state index contributed by atoms with van der Waals surface area (Å²) in [5, 5.41) is 20.4. The van der Waals surface area contributed by atoms with Gasteiger partial charge in [-0.2, -0.15) is 5.26 Å². The van der Waals surface area contributed by atoms with Crippen molar-refractivity contribution in [3.05, 3.63) is 41.5 Å². The second kappa shape index (κ2) is 10.3. The first-order valence-corrected chi connectivity index (χ1v) is 10.4. The van der Waals surface area contributed by atoms with Gasteiger partial charge >= 0.3 is 0 Å². The van der Waals surface area contributed by atoms with Crippen LogP contribution in [0.4, 0.5) is 5.82 Å². The molecule has 1 amide bonds. The number of nitrogen functional groups attached to an aromatic ring is 1. The van der Waals surface area contributed by atoms with Crippen LogP contribution in [0.2, 0.25) is 0 Å². The van der Waals surface area contributed by atoms with Gasteiger partial charge < -0.3 is 30.7 Å². The first kappa shape index (κ1) is 24.0. The van der Waals surface area contributed by atoms with Crippen molar-refractivity contribution in [2.75, 3.05) is 12.8 Å². The Bertz CT molecular complexity index is 1400. The summed E-state index contributed by atoms with van der Waals surface area (Å²) in [6, 6.07) is 7.95. The van der Waals surface area contributed by atoms with Crippen LogP contribution in [0, 0.1) is 11.3 Å². The molecule has 0 aliphatic carbocycles. The third-order valence-electron chi connectivity index (χ3n) is 5.29. The minimum absolute atomic E-state index is 0.000444. The third kappa shape index (κ3) is 4.31. The highest BCUT2D eigenvalue weighted by atomic mass is 16.5. The van der Waals surface area contributed by atoms with Crippen molar-refractivity contribution in [1.29, 1.82) is 5.26 Å². The first-order chi connectivity index (χ1) is 16.4. The third-order valence-corrected chi connectivity index (χ3v) is 5.29. The number of nitriles is 1. The molecule has 0 spiro atoms. The van der Waals surface area contributed by atoms with Crippen LogP contribution in [0.1, 0.15) is 35.7 Å². The molecule has 0 saturated heterocycles. The Kier molecular flexibility index (Phi) is 7.27. The fraction of sp³-hybridized carbons (Fsp3) is 0.273. The van der Waals surface area contributed by atoms with Crippen LogP contribution in [0.5, 0.6) is 5.75 Å². The molecule has 0 bridgehead atoms. The van der Waals surface area contributed by atoms with Crippen LogP contribution in [-0.4, -0.2) is 39.0 Å². The van der Waals surface area contributed by atoms with E-state index in [-0.39, 0.29) is 18.1 Å². The van der Waals surface area contributed by atoms with Gasteiger partial charge in [0.1, 0.15) is 23.9 Å². The number of aromatic amines is 1. The molecule has 0 aliphatic rings. The lowest BCUT2D eigenvalue weighted by atomic mass is 10.3. The van der Waals surface area contributed by atoms with Gasteiger partial charge in [-0.1, -0.05) is 0 Å². The summed E-state index contributed by atoms with van der Waals surface area (Å²) in [6.07, 6.45) is 1.49. The summed E-state index contributed by atoms with van der Waals surface area (Å²) in [4.78, 5) is 32.4. The predicted molar refractivity (Wildman–Crippen MR) is 120 cm³/mol. The van der Waals surface area contributed by atoms with E-state index in [9.17, 15) is 10.1 Å². The van der Waals surface area contributed by atoms with Crippen LogP contribution in [0.25, 0.3) is 22.2 Å². The minimum Gasteiger partial charge on any atom is -0.554 e. The lowest BCUT2D eigenvalue weighted by molar-refractivity contribution is -0.676. The molecule has 0 aliphatic heterocycles. The molecule has 176 valence electrons. The number of rotatable bonds is 6. The quantitative estimate of drug-likeness (QED) is 0.263. The van der Waals surface area contributed by atoms with E-state index in [0.29, 0.717) is 16.7 Å². The van der Waals surface area contributed by atoms with Gasteiger partial charge in [-0.3, -0.25) is 4.79 Å². The number of H-pyrrole nitrogens is 1. The number of nitrogens with one attached hydrogen (secondary N) is 2. The van der Waals surface area contributed by atoms with E-state index >= 15 is 0 Å². The molecular weight excluding hydrogens is 440 g/mol. The number of fused-ring (bicyclic) bond motifs is 2. The minimum atomic E-state index is -0.500. The van der Waals surface area contributed by atoms with Crippen molar-refractivity contribution in [2.24, 2.45) is 0 Å². The Balaban J connectivity index is 0.00000103. The molecular formula is C22H24N8O4. The van der Waals surface area contributed by atoms with E-state index in [1.807, 2.05) is 24.3 Å². The van der Waals surface area contributed by atoms with Crippen molar-refractivity contribution in [1.82, 2.24) is 24.8 Å². The van der Waals surface area contributed by atoms with Crippen molar-refractivity contribution in [2.45, 2.75) is 33.5 Å². The Morgan fingerprint density at radius 2 is 2.15 bits per heavy atom. The zero-order valence-electron chi connectivity index (χ0n) is 19.0. The summed E-state index contributed by atoms with van der Waals surface area (Å²) in [5.41, 5.74) is 9.02. The Hall–Kier alpha value is -4.66. The van der Waals surface area contributed by atoms with E-state index in [1.165, 1.54) is 6.20 Å². The predicted octanol–water partition coefficient (Wildman–Crippen LogP) is -0.00152. The van der Waals surface area contributed by atoms with Gasteiger partial charge in [0.25, 0.3) is 11.7 Å². The van der Waals surface area contributed by atoms with E-state index in [0.717, 1.165) is 35.7 Å². The largest absolute Gasteiger partial charge is 0.554 e. The highest BCUT2D eigenvalue weighted by Gasteiger charge is 2.25. The van der Waals surface area contributed by atoms with E-state index in [1.54, 1.807) is 7.11 Å². The van der Waals surface area contributed by atoms with Crippen molar-refractivity contribution in [3.63, 3.8) is 0 Å². The van der Waals surface area contributed by atoms with Crippen molar-refractivity contribution < 1.29 is 24.0 Å². The summed E-state index contributed by atoms with van der Waals surface area (Å²) in [6.45, 7) is 5.35. The molecule has 0 radical (unpaired) electrons. The Morgan fingerprint density at radius 1 is 1.41 bits per heavy atom. The fourth-order valence-electron chi connectivity index (χ4n) is 3.84. The summed E-state index contributed by atoms with van der Waals surface area (Å²) < 4.78 is 9.66. The number of methoxy groups -OCH3 is 1. The molecule has 3 heterocycles. The van der Waals surface area contributed by atoms with Crippen LogP contribution in [0.15, 0.2) is 24.4 Å². The molecule has 0 fully saturated rings. The molecule has 4 rings (SSSR count). The number of anilines is 1. The summed E-state index contributed by atoms with van der Waals surface area (Å²) in [7, 11) is 1.64. The van der Waals surface area contributed by atoms with E-state index in [2.05, 4.69) is 43.3 Å². The molecule has 0 unspecified atom stereocenters. The number of carbonyl (C=O) groups is 2. The maximum atomic E-state index is 12.9. The highest BCUT2D eigenvalue weighted by Crippen LogP contribution is 2.22. The number of aryl methyl sites for hydroxylation is 2. The molecule has 3 aromatic heterocycles. The molecule has 1 aromatic carbocycles. The molecule has 12 nitrogen and oxygen atoms in total. The number of carboxylic acid groups (broad SMARTS) is 1. The maximum Gasteiger partial charge on any atom is 0.277 e. The van der Waals surface area contributed by atoms with Gasteiger partial charge in [-0.15, -0.1) is 0 Å². The number of imidazole rings is 1. The second-order valence-electron chi connectivity index (χ2n) is 7.01. The lowest BCUT2D eigenvalue weighted by Crippen LogP contribution is -2.40. The number of amides is 1. The molecule has 12 heteroatoms. The number of nitrogens with zero attached hydrogens (tertiary/aromatic N) is 5. The van der Waals surface area contributed by atoms with Gasteiger partial charge in [-0.05, 0) is 26.0 Å². The SMILES string of the molecule is CCn1c(CNC(=O)c2nc3c(C#N)c[nH]c3nc2N)[n+](CC)c2ccc(OC)cc21.O=C[O-]. The van der Waals surface area contributed by atoms with E-state index < -0.39 is 12.4 Å². The zero-order chi connectivity index (χ0) is 24.8. The van der Waals surface area contributed by atoms with Crippen molar-refractivity contribution in [3.8, 4) is 11.8 Å². The topological polar surface area (TPSA) is 179 Å². The average molecular weight is 464 g/mol. The number of ether oxygens (including phenoxy) is 1. The van der Waals surface area contributed by atoms with Gasteiger partial charge in [-0.25, -0.2) is 19.1 Å². The van der Waals surface area contributed by atoms with Crippen molar-refractivity contribution >= 4 is 40.4 Å². The molecule has 4 aromatic rings. The summed E-state index contributed by atoms with van der Waals surface area (Å²) >= 11 is 0. The van der Waals surface area contributed by atoms with Crippen LogP contribution in [0.3, 0.4) is 0 Å². The smallest absolute Gasteiger partial charge is 0.277 e. The number of nitrogens with two attached hydrogens (primary N) is 1. The molecule has 0 saturated carbocycles. The Morgan fingerprint density at radius 3 is 2.76 bits per heavy atom. The first-order valence-electron chi connectivity index (χ1n) is 10.4. The number of hydrogen-bond donors (Lipinski definition) is 3. The number of benzene rings is 1. The molecule has 34 heavy (non-hydrogen) atoms. The van der Waals surface area contributed by atoms with Crippen LogP contribution in [-0.2, 0) is 24.4 Å². The number of aromatic nitrogens is 5. The normalized spacial score (nSPS) is 10.4. The van der Waals surface area contributed by atoms with Crippen LogP contribution >= 0.6 is 0 Å².